The van der Waals surface area contributed by atoms with Crippen molar-refractivity contribution in [2.75, 3.05) is 14.2 Å². The van der Waals surface area contributed by atoms with Crippen LogP contribution in [0.1, 0.15) is 27.9 Å². The summed E-state index contributed by atoms with van der Waals surface area (Å²) in [6.45, 7) is 0. The number of alkyl halides is 2. The fraction of sp³-hybridized carbons (Fsp3) is 0.273. The number of rotatable bonds is 3. The molecule has 0 aromatic heterocycles. The first-order valence-electron chi connectivity index (χ1n) is 4.53. The first-order valence-corrected chi connectivity index (χ1v) is 4.53. The number of esters is 1. The van der Waals surface area contributed by atoms with Gasteiger partial charge in [-0.05, 0) is 12.1 Å². The van der Waals surface area contributed by atoms with Gasteiger partial charge in [0, 0.05) is 0 Å². The Kier molecular flexibility index (Phi) is 3.99. The summed E-state index contributed by atoms with van der Waals surface area (Å²) in [5.74, 6) is -0.977. The SMILES string of the molecule is COC(=O)c1cc(C(F)F)c(OC)cc1C#N. The van der Waals surface area contributed by atoms with E-state index in [4.69, 9.17) is 10.00 Å². The molecule has 0 aliphatic carbocycles. The molecule has 1 aromatic rings. The molecule has 0 spiro atoms. The van der Waals surface area contributed by atoms with Crippen LogP contribution in [0.15, 0.2) is 12.1 Å². The smallest absolute Gasteiger partial charge is 0.339 e. The van der Waals surface area contributed by atoms with Crippen LogP contribution in [-0.4, -0.2) is 20.2 Å². The van der Waals surface area contributed by atoms with Gasteiger partial charge in [0.15, 0.2) is 0 Å². The summed E-state index contributed by atoms with van der Waals surface area (Å²) in [6.07, 6.45) is -2.80. The molecule has 0 atom stereocenters. The normalized spacial score (nSPS) is 9.88. The van der Waals surface area contributed by atoms with Gasteiger partial charge in [0.2, 0.25) is 0 Å². The van der Waals surface area contributed by atoms with Crippen LogP contribution < -0.4 is 4.74 Å². The van der Waals surface area contributed by atoms with E-state index in [1.54, 1.807) is 6.07 Å². The van der Waals surface area contributed by atoms with Crippen molar-refractivity contribution < 1.29 is 23.0 Å². The Labute approximate surface area is 96.4 Å². The van der Waals surface area contributed by atoms with Crippen molar-refractivity contribution in [3.63, 3.8) is 0 Å². The van der Waals surface area contributed by atoms with Gasteiger partial charge < -0.3 is 9.47 Å². The zero-order valence-electron chi connectivity index (χ0n) is 9.16. The second-order valence-corrected chi connectivity index (χ2v) is 3.04. The maximum atomic E-state index is 12.7. The minimum Gasteiger partial charge on any atom is -0.496 e. The highest BCUT2D eigenvalue weighted by molar-refractivity contribution is 5.92. The van der Waals surface area contributed by atoms with E-state index in [1.165, 1.54) is 7.11 Å². The van der Waals surface area contributed by atoms with Crippen LogP contribution in [0.25, 0.3) is 0 Å². The molecule has 0 amide bonds. The first-order chi connectivity index (χ1) is 8.04. The van der Waals surface area contributed by atoms with E-state index in [-0.39, 0.29) is 16.9 Å². The molecule has 0 saturated heterocycles. The lowest BCUT2D eigenvalue weighted by Gasteiger charge is -2.10. The van der Waals surface area contributed by atoms with Gasteiger partial charge in [-0.2, -0.15) is 5.26 Å². The lowest BCUT2D eigenvalue weighted by Crippen LogP contribution is -2.06. The van der Waals surface area contributed by atoms with Crippen LogP contribution in [0.5, 0.6) is 5.75 Å². The summed E-state index contributed by atoms with van der Waals surface area (Å²) in [5, 5.41) is 8.81. The van der Waals surface area contributed by atoms with Crippen LogP contribution in [-0.2, 0) is 4.74 Å². The third-order valence-corrected chi connectivity index (χ3v) is 2.13. The monoisotopic (exact) mass is 241 g/mol. The molecule has 1 rings (SSSR count). The molecule has 0 aliphatic rings. The Balaban J connectivity index is 3.45. The molecule has 17 heavy (non-hydrogen) atoms. The van der Waals surface area contributed by atoms with E-state index >= 15 is 0 Å². The molecule has 0 fully saturated rings. The Morgan fingerprint density at radius 2 is 2.06 bits per heavy atom. The van der Waals surface area contributed by atoms with E-state index in [0.29, 0.717) is 0 Å². The van der Waals surface area contributed by atoms with Gasteiger partial charge in [-0.25, -0.2) is 13.6 Å². The summed E-state index contributed by atoms with van der Waals surface area (Å²) in [6, 6.07) is 3.73. The Morgan fingerprint density at radius 1 is 1.41 bits per heavy atom. The minimum absolute atomic E-state index is 0.0712. The highest BCUT2D eigenvalue weighted by Gasteiger charge is 2.21. The van der Waals surface area contributed by atoms with Crippen molar-refractivity contribution in [1.29, 1.82) is 5.26 Å². The van der Waals surface area contributed by atoms with Crippen molar-refractivity contribution in [3.8, 4) is 11.8 Å². The number of halogens is 2. The summed E-state index contributed by atoms with van der Waals surface area (Å²) in [5.41, 5.74) is -0.726. The second kappa shape index (κ2) is 5.25. The minimum atomic E-state index is -2.80. The average molecular weight is 241 g/mol. The lowest BCUT2D eigenvalue weighted by atomic mass is 10.0. The Bertz CT molecular complexity index is 480. The maximum absolute atomic E-state index is 12.7. The molecule has 90 valence electrons. The van der Waals surface area contributed by atoms with E-state index in [2.05, 4.69) is 4.74 Å². The highest BCUT2D eigenvalue weighted by atomic mass is 19.3. The van der Waals surface area contributed by atoms with Gasteiger partial charge in [0.05, 0.1) is 30.9 Å². The first kappa shape index (κ1) is 12.9. The van der Waals surface area contributed by atoms with E-state index in [1.807, 2.05) is 0 Å². The van der Waals surface area contributed by atoms with Crippen molar-refractivity contribution in [2.45, 2.75) is 6.43 Å². The molecular formula is C11H9F2NO3. The quantitative estimate of drug-likeness (QED) is 0.762. The highest BCUT2D eigenvalue weighted by Crippen LogP contribution is 2.31. The summed E-state index contributed by atoms with van der Waals surface area (Å²) in [4.78, 5) is 11.3. The number of benzene rings is 1. The number of ether oxygens (including phenoxy) is 2. The van der Waals surface area contributed by atoms with Crippen molar-refractivity contribution >= 4 is 5.97 Å². The molecule has 0 unspecified atom stereocenters. The number of nitrogens with zero attached hydrogens (tertiary/aromatic N) is 1. The number of carbonyl (C=O) groups excluding carboxylic acids is 1. The standard InChI is InChI=1S/C11H9F2NO3/c1-16-9-3-6(5-14)7(11(15)17-2)4-8(9)10(12)13/h3-4,10H,1-2H3. The zero-order chi connectivity index (χ0) is 13.0. The predicted octanol–water partition coefficient (Wildman–Crippen LogP) is 2.29. The molecule has 0 radical (unpaired) electrons. The maximum Gasteiger partial charge on any atom is 0.339 e. The number of carbonyl (C=O) groups is 1. The molecule has 4 nitrogen and oxygen atoms in total. The van der Waals surface area contributed by atoms with E-state index in [9.17, 15) is 13.6 Å². The van der Waals surface area contributed by atoms with Crippen molar-refractivity contribution in [3.05, 3.63) is 28.8 Å². The van der Waals surface area contributed by atoms with Gasteiger partial charge in [0.1, 0.15) is 11.8 Å². The predicted molar refractivity (Wildman–Crippen MR) is 54.0 cm³/mol. The van der Waals surface area contributed by atoms with Gasteiger partial charge in [-0.3, -0.25) is 0 Å². The van der Waals surface area contributed by atoms with Gasteiger partial charge >= 0.3 is 5.97 Å². The topological polar surface area (TPSA) is 59.3 Å². The zero-order valence-corrected chi connectivity index (χ0v) is 9.16. The van der Waals surface area contributed by atoms with Crippen molar-refractivity contribution in [1.82, 2.24) is 0 Å². The van der Waals surface area contributed by atoms with Gasteiger partial charge in [0.25, 0.3) is 6.43 Å². The number of methoxy groups -OCH3 is 2. The van der Waals surface area contributed by atoms with E-state index in [0.717, 1.165) is 19.2 Å². The lowest BCUT2D eigenvalue weighted by molar-refractivity contribution is 0.0600. The Hall–Kier alpha value is -2.16. The molecule has 1 aromatic carbocycles. The summed E-state index contributed by atoms with van der Waals surface area (Å²) >= 11 is 0. The largest absolute Gasteiger partial charge is 0.496 e. The van der Waals surface area contributed by atoms with Crippen LogP contribution in [0.3, 0.4) is 0 Å². The van der Waals surface area contributed by atoms with Gasteiger partial charge in [-0.1, -0.05) is 0 Å². The molecule has 6 heteroatoms. The van der Waals surface area contributed by atoms with E-state index < -0.39 is 18.0 Å². The molecule has 0 saturated carbocycles. The van der Waals surface area contributed by atoms with Crippen molar-refractivity contribution in [2.24, 2.45) is 0 Å². The second-order valence-electron chi connectivity index (χ2n) is 3.04. The number of hydrogen-bond donors (Lipinski definition) is 0. The third kappa shape index (κ3) is 2.50. The number of nitriles is 1. The fourth-order valence-electron chi connectivity index (χ4n) is 1.32. The third-order valence-electron chi connectivity index (χ3n) is 2.13. The van der Waals surface area contributed by atoms with Gasteiger partial charge in [-0.15, -0.1) is 0 Å². The van der Waals surface area contributed by atoms with Crippen LogP contribution in [0.4, 0.5) is 8.78 Å². The van der Waals surface area contributed by atoms with Crippen LogP contribution >= 0.6 is 0 Å². The molecular weight excluding hydrogens is 232 g/mol. The molecule has 0 heterocycles. The molecule has 0 aliphatic heterocycles. The molecule has 0 N–H and O–H groups in total. The van der Waals surface area contributed by atoms with Crippen LogP contribution in [0.2, 0.25) is 0 Å². The fourth-order valence-corrected chi connectivity index (χ4v) is 1.32. The Morgan fingerprint density at radius 3 is 2.47 bits per heavy atom. The average Bonchev–Trinajstić information content (AvgIpc) is 2.35. The number of hydrogen-bond acceptors (Lipinski definition) is 4. The summed E-state index contributed by atoms with van der Waals surface area (Å²) < 4.78 is 34.5. The summed E-state index contributed by atoms with van der Waals surface area (Å²) in [7, 11) is 2.32. The van der Waals surface area contributed by atoms with Crippen LogP contribution in [0, 0.1) is 11.3 Å². The molecule has 0 bridgehead atoms.